The van der Waals surface area contributed by atoms with Gasteiger partial charge in [0.05, 0.1) is 0 Å². The molecular weight excluding hydrogens is 262 g/mol. The Kier molecular flexibility index (Phi) is 4.58. The van der Waals surface area contributed by atoms with E-state index in [0.29, 0.717) is 0 Å². The number of hydrogen-bond acceptors (Lipinski definition) is 5. The zero-order chi connectivity index (χ0) is 14.7. The van der Waals surface area contributed by atoms with Gasteiger partial charge in [-0.05, 0) is 25.8 Å². The van der Waals surface area contributed by atoms with Gasteiger partial charge < -0.3 is 10.2 Å². The van der Waals surface area contributed by atoms with Crippen LogP contribution in [0.2, 0.25) is 0 Å². The second kappa shape index (κ2) is 6.60. The van der Waals surface area contributed by atoms with Crippen LogP contribution < -0.4 is 10.2 Å². The van der Waals surface area contributed by atoms with E-state index in [1.54, 1.807) is 6.33 Å². The molecule has 0 bridgehead atoms. The number of piperidine rings is 1. The van der Waals surface area contributed by atoms with Gasteiger partial charge in [0, 0.05) is 38.3 Å². The summed E-state index contributed by atoms with van der Waals surface area (Å²) in [4.78, 5) is 14.2. The van der Waals surface area contributed by atoms with Crippen molar-refractivity contribution >= 4 is 11.6 Å². The van der Waals surface area contributed by atoms with Crippen LogP contribution >= 0.6 is 0 Å². The third-order valence-electron chi connectivity index (χ3n) is 4.80. The Hall–Kier alpha value is -1.36. The van der Waals surface area contributed by atoms with E-state index < -0.39 is 0 Å². The van der Waals surface area contributed by atoms with Crippen LogP contribution in [0.3, 0.4) is 0 Å². The minimum absolute atomic E-state index is 0.718. The summed E-state index contributed by atoms with van der Waals surface area (Å²) in [5, 5.41) is 3.23. The van der Waals surface area contributed by atoms with E-state index in [-0.39, 0.29) is 0 Å². The van der Waals surface area contributed by atoms with Gasteiger partial charge in [-0.2, -0.15) is 0 Å². The first kappa shape index (κ1) is 14.6. The largest absolute Gasteiger partial charge is 0.373 e. The molecule has 21 heavy (non-hydrogen) atoms. The molecule has 0 radical (unpaired) electrons. The van der Waals surface area contributed by atoms with E-state index in [4.69, 9.17) is 0 Å². The van der Waals surface area contributed by atoms with Crippen molar-refractivity contribution in [1.82, 2.24) is 14.9 Å². The molecule has 0 aliphatic carbocycles. The van der Waals surface area contributed by atoms with Crippen molar-refractivity contribution in [3.8, 4) is 0 Å². The van der Waals surface area contributed by atoms with Crippen LogP contribution in [-0.4, -0.2) is 54.1 Å². The van der Waals surface area contributed by atoms with Crippen molar-refractivity contribution in [3.05, 3.63) is 11.9 Å². The van der Waals surface area contributed by atoms with E-state index in [0.717, 1.165) is 43.6 Å². The molecule has 5 heteroatoms. The van der Waals surface area contributed by atoms with Gasteiger partial charge in [-0.15, -0.1) is 0 Å². The zero-order valence-corrected chi connectivity index (χ0v) is 13.3. The summed E-state index contributed by atoms with van der Waals surface area (Å²) in [6.07, 6.45) is 7.95. The first-order valence-electron chi connectivity index (χ1n) is 8.34. The average Bonchev–Trinajstić information content (AvgIpc) is 2.55. The van der Waals surface area contributed by atoms with Gasteiger partial charge >= 0.3 is 0 Å². The van der Waals surface area contributed by atoms with Crippen LogP contribution in [0.4, 0.5) is 11.6 Å². The second-order valence-electron chi connectivity index (χ2n) is 6.16. The maximum atomic E-state index is 4.62. The fraction of sp³-hybridized carbons (Fsp3) is 0.750. The topological polar surface area (TPSA) is 44.3 Å². The molecule has 2 aliphatic heterocycles. The minimum Gasteiger partial charge on any atom is -0.373 e. The fourth-order valence-electron chi connectivity index (χ4n) is 3.72. The Morgan fingerprint density at radius 3 is 2.95 bits per heavy atom. The number of nitrogens with one attached hydrogen (secondary N) is 1. The van der Waals surface area contributed by atoms with Crippen LogP contribution in [0.15, 0.2) is 6.33 Å². The molecule has 3 heterocycles. The molecule has 0 aromatic carbocycles. The van der Waals surface area contributed by atoms with E-state index in [1.807, 2.05) is 7.05 Å². The molecule has 5 nitrogen and oxygen atoms in total. The van der Waals surface area contributed by atoms with Gasteiger partial charge in [-0.1, -0.05) is 19.8 Å². The van der Waals surface area contributed by atoms with E-state index >= 15 is 0 Å². The predicted molar refractivity (Wildman–Crippen MR) is 87.0 cm³/mol. The molecule has 0 spiro atoms. The molecule has 1 aromatic rings. The first-order chi connectivity index (χ1) is 10.3. The van der Waals surface area contributed by atoms with Gasteiger partial charge in [0.1, 0.15) is 18.0 Å². The predicted octanol–water partition coefficient (Wildman–Crippen LogP) is 2.15. The number of anilines is 2. The van der Waals surface area contributed by atoms with Crippen LogP contribution in [0.1, 0.15) is 38.2 Å². The normalized spacial score (nSPS) is 23.0. The highest BCUT2D eigenvalue weighted by Gasteiger charge is 2.30. The Balaban J connectivity index is 1.83. The standard InChI is InChI=1S/C16H27N5/c1-3-6-14-15(17-2)18-12-19-16(14)21-10-9-20-8-5-4-7-13(20)11-21/h12-13H,3-11H2,1-2H3,(H,17,18,19). The van der Waals surface area contributed by atoms with Crippen molar-refractivity contribution < 1.29 is 0 Å². The molecule has 1 unspecified atom stereocenters. The van der Waals surface area contributed by atoms with Crippen LogP contribution in [0, 0.1) is 0 Å². The van der Waals surface area contributed by atoms with Crippen molar-refractivity contribution in [1.29, 1.82) is 0 Å². The van der Waals surface area contributed by atoms with Crippen molar-refractivity contribution in [2.24, 2.45) is 0 Å². The lowest BCUT2D eigenvalue weighted by atomic mass is 9.99. The second-order valence-corrected chi connectivity index (χ2v) is 6.16. The number of hydrogen-bond donors (Lipinski definition) is 1. The summed E-state index contributed by atoms with van der Waals surface area (Å²) >= 11 is 0. The number of rotatable bonds is 4. The highest BCUT2D eigenvalue weighted by atomic mass is 15.3. The molecule has 1 N–H and O–H groups in total. The zero-order valence-electron chi connectivity index (χ0n) is 13.3. The Morgan fingerprint density at radius 2 is 2.14 bits per heavy atom. The fourth-order valence-corrected chi connectivity index (χ4v) is 3.72. The van der Waals surface area contributed by atoms with E-state index in [1.165, 1.54) is 37.9 Å². The van der Waals surface area contributed by atoms with Crippen molar-refractivity contribution in [2.75, 3.05) is 43.4 Å². The smallest absolute Gasteiger partial charge is 0.137 e. The molecule has 0 amide bonds. The summed E-state index contributed by atoms with van der Waals surface area (Å²) in [7, 11) is 1.95. The van der Waals surface area contributed by atoms with Gasteiger partial charge in [0.15, 0.2) is 0 Å². The molecule has 2 saturated heterocycles. The van der Waals surface area contributed by atoms with E-state index in [2.05, 4.69) is 32.0 Å². The third-order valence-corrected chi connectivity index (χ3v) is 4.80. The summed E-state index contributed by atoms with van der Waals surface area (Å²) in [6.45, 7) is 6.89. The molecule has 0 saturated carbocycles. The lowest BCUT2D eigenvalue weighted by Gasteiger charge is -2.44. The lowest BCUT2D eigenvalue weighted by Crippen LogP contribution is -2.55. The minimum atomic E-state index is 0.718. The molecule has 116 valence electrons. The highest BCUT2D eigenvalue weighted by molar-refractivity contribution is 5.59. The van der Waals surface area contributed by atoms with Crippen LogP contribution in [0.5, 0.6) is 0 Å². The summed E-state index contributed by atoms with van der Waals surface area (Å²) in [5.74, 6) is 2.15. The number of aromatic nitrogens is 2. The van der Waals surface area contributed by atoms with Crippen LogP contribution in [-0.2, 0) is 6.42 Å². The molecular formula is C16H27N5. The van der Waals surface area contributed by atoms with Crippen LogP contribution in [0.25, 0.3) is 0 Å². The first-order valence-corrected chi connectivity index (χ1v) is 8.34. The van der Waals surface area contributed by atoms with Gasteiger partial charge in [-0.3, -0.25) is 4.90 Å². The van der Waals surface area contributed by atoms with E-state index in [9.17, 15) is 0 Å². The Bertz CT molecular complexity index is 476. The van der Waals surface area contributed by atoms with Crippen molar-refractivity contribution in [2.45, 2.75) is 45.1 Å². The monoisotopic (exact) mass is 289 g/mol. The molecule has 1 atom stereocenters. The van der Waals surface area contributed by atoms with Gasteiger partial charge in [-0.25, -0.2) is 9.97 Å². The Labute approximate surface area is 127 Å². The maximum absolute atomic E-state index is 4.62. The summed E-state index contributed by atoms with van der Waals surface area (Å²) in [5.41, 5.74) is 1.28. The molecule has 2 fully saturated rings. The highest BCUT2D eigenvalue weighted by Crippen LogP contribution is 2.29. The lowest BCUT2D eigenvalue weighted by molar-refractivity contribution is 0.133. The Morgan fingerprint density at radius 1 is 1.24 bits per heavy atom. The molecule has 2 aliphatic rings. The summed E-state index contributed by atoms with van der Waals surface area (Å²) < 4.78 is 0. The molecule has 1 aromatic heterocycles. The summed E-state index contributed by atoms with van der Waals surface area (Å²) in [6, 6.07) is 0.718. The number of nitrogens with zero attached hydrogens (tertiary/aromatic N) is 4. The van der Waals surface area contributed by atoms with Gasteiger partial charge in [0.2, 0.25) is 0 Å². The molecule has 3 rings (SSSR count). The van der Waals surface area contributed by atoms with Gasteiger partial charge in [0.25, 0.3) is 0 Å². The quantitative estimate of drug-likeness (QED) is 0.920. The maximum Gasteiger partial charge on any atom is 0.137 e. The number of fused-ring (bicyclic) bond motifs is 1. The van der Waals surface area contributed by atoms with Crippen molar-refractivity contribution in [3.63, 3.8) is 0 Å². The number of piperazine rings is 1. The third kappa shape index (κ3) is 2.98. The SMILES string of the molecule is CCCc1c(NC)ncnc1N1CCN2CCCCC2C1. The average molecular weight is 289 g/mol.